The molecule has 0 aromatic heterocycles. The first-order valence-corrected chi connectivity index (χ1v) is 8.17. The number of rotatable bonds is 7. The quantitative estimate of drug-likeness (QED) is 0.376. The van der Waals surface area contributed by atoms with Gasteiger partial charge in [0.2, 0.25) is 0 Å². The highest BCUT2D eigenvalue weighted by atomic mass is 28.3. The highest BCUT2D eigenvalue weighted by Gasteiger charge is 2.17. The van der Waals surface area contributed by atoms with Gasteiger partial charge in [-0.2, -0.15) is 0 Å². The van der Waals surface area contributed by atoms with E-state index >= 15 is 0 Å². The zero-order valence-corrected chi connectivity index (χ0v) is 10.3. The van der Waals surface area contributed by atoms with Crippen molar-refractivity contribution in [3.63, 3.8) is 0 Å². The lowest BCUT2D eigenvalue weighted by atomic mass is 10.5. The van der Waals surface area contributed by atoms with Crippen molar-refractivity contribution in [3.8, 4) is 0 Å². The summed E-state index contributed by atoms with van der Waals surface area (Å²) in [6.07, 6.45) is 4.17. The molecule has 0 aromatic rings. The SMILES string of the molecule is C=CCNCC=C[Si](C)(CC)CC. The molecule has 0 spiro atoms. The first-order valence-electron chi connectivity index (χ1n) is 5.18. The van der Waals surface area contributed by atoms with Gasteiger partial charge in [-0.3, -0.25) is 0 Å². The zero-order valence-electron chi connectivity index (χ0n) is 9.27. The smallest absolute Gasteiger partial charge is 0.0738 e. The molecule has 76 valence electrons. The van der Waals surface area contributed by atoms with E-state index in [9.17, 15) is 0 Å². The summed E-state index contributed by atoms with van der Waals surface area (Å²) in [7, 11) is -1.00. The largest absolute Gasteiger partial charge is 0.310 e. The average Bonchev–Trinajstić information content (AvgIpc) is 2.17. The van der Waals surface area contributed by atoms with E-state index < -0.39 is 8.07 Å². The molecule has 0 amide bonds. The standard InChI is InChI=1S/C11H23NSi/c1-5-9-12-10-8-11-13(4,6-2)7-3/h5,8,11-12H,1,6-7,9-10H2,2-4H3. The lowest BCUT2D eigenvalue weighted by molar-refractivity contribution is 0.844. The van der Waals surface area contributed by atoms with Gasteiger partial charge in [0, 0.05) is 13.1 Å². The predicted octanol–water partition coefficient (Wildman–Crippen LogP) is 2.98. The van der Waals surface area contributed by atoms with Gasteiger partial charge in [0.25, 0.3) is 0 Å². The van der Waals surface area contributed by atoms with E-state index in [4.69, 9.17) is 0 Å². The second-order valence-corrected chi connectivity index (χ2v) is 8.77. The fourth-order valence-corrected chi connectivity index (χ4v) is 2.76. The van der Waals surface area contributed by atoms with Crippen LogP contribution in [0.15, 0.2) is 24.4 Å². The lowest BCUT2D eigenvalue weighted by Gasteiger charge is -2.18. The van der Waals surface area contributed by atoms with Crippen molar-refractivity contribution < 1.29 is 0 Å². The normalized spacial score (nSPS) is 12.2. The number of hydrogen-bond acceptors (Lipinski definition) is 1. The van der Waals surface area contributed by atoms with Gasteiger partial charge in [-0.1, -0.05) is 50.3 Å². The van der Waals surface area contributed by atoms with Crippen molar-refractivity contribution in [2.75, 3.05) is 13.1 Å². The molecule has 0 atom stereocenters. The fraction of sp³-hybridized carbons (Fsp3) is 0.636. The van der Waals surface area contributed by atoms with E-state index in [0.717, 1.165) is 13.1 Å². The summed E-state index contributed by atoms with van der Waals surface area (Å²) in [5.74, 6) is 0. The van der Waals surface area contributed by atoms with Crippen molar-refractivity contribution in [3.05, 3.63) is 24.4 Å². The maximum Gasteiger partial charge on any atom is 0.0738 e. The van der Waals surface area contributed by atoms with Crippen LogP contribution in [0.5, 0.6) is 0 Å². The van der Waals surface area contributed by atoms with Gasteiger partial charge in [-0.25, -0.2) is 0 Å². The molecule has 1 nitrogen and oxygen atoms in total. The molecule has 0 aliphatic carbocycles. The van der Waals surface area contributed by atoms with E-state index in [1.165, 1.54) is 12.1 Å². The van der Waals surface area contributed by atoms with E-state index in [0.29, 0.717) is 0 Å². The first-order chi connectivity index (χ1) is 6.18. The molecule has 0 rings (SSSR count). The van der Waals surface area contributed by atoms with E-state index in [-0.39, 0.29) is 0 Å². The maximum atomic E-state index is 3.66. The minimum atomic E-state index is -1.00. The van der Waals surface area contributed by atoms with Gasteiger partial charge in [0.05, 0.1) is 8.07 Å². The average molecular weight is 197 g/mol. The Balaban J connectivity index is 3.73. The Hall–Kier alpha value is -0.343. The molecule has 0 saturated heterocycles. The van der Waals surface area contributed by atoms with Crippen LogP contribution in [0.2, 0.25) is 18.6 Å². The van der Waals surface area contributed by atoms with E-state index in [1.807, 2.05) is 6.08 Å². The van der Waals surface area contributed by atoms with Crippen LogP contribution >= 0.6 is 0 Å². The van der Waals surface area contributed by atoms with Gasteiger partial charge in [0.15, 0.2) is 0 Å². The molecule has 0 aromatic carbocycles. The highest BCUT2D eigenvalue weighted by Crippen LogP contribution is 2.15. The zero-order chi connectivity index (χ0) is 10.2. The van der Waals surface area contributed by atoms with Crippen LogP contribution in [-0.2, 0) is 0 Å². The van der Waals surface area contributed by atoms with Crippen LogP contribution in [-0.4, -0.2) is 21.2 Å². The fourth-order valence-electron chi connectivity index (χ4n) is 1.10. The Bertz CT molecular complexity index is 159. The van der Waals surface area contributed by atoms with Crippen molar-refractivity contribution in [2.45, 2.75) is 32.5 Å². The second-order valence-electron chi connectivity index (χ2n) is 3.71. The van der Waals surface area contributed by atoms with Gasteiger partial charge in [-0.05, 0) is 0 Å². The molecule has 2 heteroatoms. The molecule has 0 radical (unpaired) electrons. The van der Waals surface area contributed by atoms with Crippen LogP contribution < -0.4 is 5.32 Å². The summed E-state index contributed by atoms with van der Waals surface area (Å²) in [6.45, 7) is 12.6. The maximum absolute atomic E-state index is 3.66. The molecular formula is C11H23NSi. The van der Waals surface area contributed by atoms with Crippen molar-refractivity contribution in [1.29, 1.82) is 0 Å². The monoisotopic (exact) mass is 197 g/mol. The Morgan fingerprint density at radius 1 is 1.23 bits per heavy atom. The van der Waals surface area contributed by atoms with Crippen LogP contribution in [0, 0.1) is 0 Å². The Labute approximate surface area is 83.9 Å². The minimum absolute atomic E-state index is 0.904. The molecule has 13 heavy (non-hydrogen) atoms. The third-order valence-corrected chi connectivity index (χ3v) is 6.96. The number of nitrogens with one attached hydrogen (secondary N) is 1. The third-order valence-electron chi connectivity index (χ3n) is 2.69. The summed E-state index contributed by atoms with van der Waals surface area (Å²) >= 11 is 0. The van der Waals surface area contributed by atoms with Crippen LogP contribution in [0.3, 0.4) is 0 Å². The van der Waals surface area contributed by atoms with Gasteiger partial charge < -0.3 is 5.32 Å². The molecule has 0 fully saturated rings. The van der Waals surface area contributed by atoms with Crippen LogP contribution in [0.25, 0.3) is 0 Å². The van der Waals surface area contributed by atoms with E-state index in [2.05, 4.69) is 44.1 Å². The second kappa shape index (κ2) is 7.10. The lowest BCUT2D eigenvalue weighted by Crippen LogP contribution is -2.25. The summed E-state index contributed by atoms with van der Waals surface area (Å²) in [4.78, 5) is 0. The Morgan fingerprint density at radius 3 is 2.31 bits per heavy atom. The Kier molecular flexibility index (Phi) is 6.91. The summed E-state index contributed by atoms with van der Waals surface area (Å²) in [6, 6.07) is 2.70. The van der Waals surface area contributed by atoms with E-state index in [1.54, 1.807) is 0 Å². The third kappa shape index (κ3) is 5.83. The van der Waals surface area contributed by atoms with Crippen LogP contribution in [0.1, 0.15) is 13.8 Å². The Morgan fingerprint density at radius 2 is 1.85 bits per heavy atom. The van der Waals surface area contributed by atoms with Gasteiger partial charge in [-0.15, -0.1) is 6.58 Å². The molecule has 0 aliphatic heterocycles. The molecule has 0 aliphatic rings. The predicted molar refractivity (Wildman–Crippen MR) is 64.8 cm³/mol. The van der Waals surface area contributed by atoms with Gasteiger partial charge >= 0.3 is 0 Å². The first kappa shape index (κ1) is 12.7. The molecule has 0 heterocycles. The number of hydrogen-bond donors (Lipinski definition) is 1. The van der Waals surface area contributed by atoms with Crippen molar-refractivity contribution >= 4 is 8.07 Å². The summed E-state index contributed by atoms with van der Waals surface area (Å²) in [5.41, 5.74) is 2.46. The molecular weight excluding hydrogens is 174 g/mol. The van der Waals surface area contributed by atoms with Crippen LogP contribution in [0.4, 0.5) is 0 Å². The summed E-state index contributed by atoms with van der Waals surface area (Å²) < 4.78 is 0. The topological polar surface area (TPSA) is 12.0 Å². The highest BCUT2D eigenvalue weighted by molar-refractivity contribution is 6.83. The van der Waals surface area contributed by atoms with Gasteiger partial charge in [0.1, 0.15) is 0 Å². The molecule has 0 saturated carbocycles. The summed E-state index contributed by atoms with van der Waals surface area (Å²) in [5, 5.41) is 3.27. The molecule has 1 N–H and O–H groups in total. The minimum Gasteiger partial charge on any atom is -0.310 e. The van der Waals surface area contributed by atoms with Crippen molar-refractivity contribution in [2.24, 2.45) is 0 Å². The molecule has 0 bridgehead atoms. The molecule has 0 unspecified atom stereocenters. The van der Waals surface area contributed by atoms with Crippen molar-refractivity contribution in [1.82, 2.24) is 5.32 Å².